The number of likely N-dealkylation sites (tertiary alicyclic amines) is 2. The Labute approximate surface area is 341 Å². The topological polar surface area (TPSA) is 123 Å². The van der Waals surface area contributed by atoms with Crippen LogP contribution in [0.3, 0.4) is 0 Å². The molecule has 2 N–H and O–H groups in total. The lowest BCUT2D eigenvalue weighted by molar-refractivity contribution is -0.137. The number of aliphatic imine (C=N–C) groups is 1. The molecular weight excluding hydrogens is 727 g/mol. The second-order valence-electron chi connectivity index (χ2n) is 16.0. The van der Waals surface area contributed by atoms with E-state index in [0.29, 0.717) is 6.42 Å². The van der Waals surface area contributed by atoms with E-state index >= 15 is 0 Å². The Bertz CT molecular complexity index is 2140. The summed E-state index contributed by atoms with van der Waals surface area (Å²) in [5.41, 5.74) is 8.68. The fraction of sp³-hybridized carbons (Fsp3) is 0.426. The number of likely N-dealkylation sites (N-methyl/N-ethyl adjacent to an activating group) is 1. The van der Waals surface area contributed by atoms with Gasteiger partial charge >= 0.3 is 6.09 Å². The zero-order valence-corrected chi connectivity index (χ0v) is 33.9. The van der Waals surface area contributed by atoms with Gasteiger partial charge in [0.05, 0.1) is 31.1 Å². The van der Waals surface area contributed by atoms with Crippen LogP contribution in [0.5, 0.6) is 0 Å². The molecule has 4 aromatic rings. The average Bonchev–Trinajstić information content (AvgIpc) is 4.12. The number of amides is 3. The summed E-state index contributed by atoms with van der Waals surface area (Å²) in [5.74, 6) is 1.04. The quantitative estimate of drug-likeness (QED) is 0.150. The fourth-order valence-corrected chi connectivity index (χ4v) is 9.58. The van der Waals surface area contributed by atoms with E-state index in [1.165, 1.54) is 12.7 Å². The monoisotopic (exact) mass is 781 g/mol. The summed E-state index contributed by atoms with van der Waals surface area (Å²) in [4.78, 5) is 59.0. The predicted molar refractivity (Wildman–Crippen MR) is 227 cm³/mol. The van der Waals surface area contributed by atoms with Gasteiger partial charge in [-0.15, -0.1) is 0 Å². The number of rotatable bonds is 12. The van der Waals surface area contributed by atoms with Crippen LogP contribution in [0.15, 0.2) is 96.3 Å². The first-order valence-corrected chi connectivity index (χ1v) is 21.1. The number of methoxy groups -OCH3 is 1. The SMILES string of the molecule is CCN(CC)[C@@H](C(=O)N1CCC[C@H]1C1=NC=C(c2ccc(-c3ccc(-c4cnc([C@@H]5CCCN5C(=O)[C@H]5CC[C@@H](NC(=O)OC)C5)[nH]4)cc3)cc2)C1)c1ccccc1. The summed E-state index contributed by atoms with van der Waals surface area (Å²) in [6.45, 7) is 7.35. The van der Waals surface area contributed by atoms with Gasteiger partial charge in [0.25, 0.3) is 0 Å². The van der Waals surface area contributed by atoms with Crippen molar-refractivity contribution in [1.29, 1.82) is 0 Å². The minimum Gasteiger partial charge on any atom is -0.453 e. The molecule has 0 spiro atoms. The Morgan fingerprint density at radius 1 is 0.828 bits per heavy atom. The van der Waals surface area contributed by atoms with Crippen molar-refractivity contribution in [3.05, 3.63) is 108 Å². The van der Waals surface area contributed by atoms with E-state index in [0.717, 1.165) is 116 Å². The number of aromatic nitrogens is 2. The third-order valence-corrected chi connectivity index (χ3v) is 12.7. The number of benzene rings is 3. The Morgan fingerprint density at radius 3 is 2.17 bits per heavy atom. The van der Waals surface area contributed by atoms with Crippen LogP contribution in [0.25, 0.3) is 28.0 Å². The first kappa shape index (κ1) is 39.3. The molecule has 2 saturated heterocycles. The first-order chi connectivity index (χ1) is 28.3. The number of aromatic amines is 1. The van der Waals surface area contributed by atoms with Crippen LogP contribution in [0.1, 0.15) is 94.2 Å². The zero-order valence-electron chi connectivity index (χ0n) is 33.9. The summed E-state index contributed by atoms with van der Waals surface area (Å²) in [6, 6.07) is 27.0. The van der Waals surface area contributed by atoms with Crippen LogP contribution in [-0.2, 0) is 14.3 Å². The second-order valence-corrected chi connectivity index (χ2v) is 16.0. The lowest BCUT2D eigenvalue weighted by atomic mass is 9.96. The maximum atomic E-state index is 14.2. The Morgan fingerprint density at radius 2 is 1.48 bits per heavy atom. The largest absolute Gasteiger partial charge is 0.453 e. The van der Waals surface area contributed by atoms with E-state index in [9.17, 15) is 14.4 Å². The molecule has 8 rings (SSSR count). The molecule has 3 aromatic carbocycles. The summed E-state index contributed by atoms with van der Waals surface area (Å²) >= 11 is 0. The van der Waals surface area contributed by atoms with Crippen molar-refractivity contribution in [3.8, 4) is 22.4 Å². The maximum absolute atomic E-state index is 14.2. The molecule has 11 nitrogen and oxygen atoms in total. The van der Waals surface area contributed by atoms with Gasteiger partial charge in [0.1, 0.15) is 11.9 Å². The fourth-order valence-electron chi connectivity index (χ4n) is 9.58. The molecular formula is C47H55N7O4. The number of carbonyl (C=O) groups is 3. The number of nitrogens with zero attached hydrogens (tertiary/aromatic N) is 5. The van der Waals surface area contributed by atoms with E-state index in [1.807, 2.05) is 35.5 Å². The minimum absolute atomic E-state index is 0.0227. The lowest BCUT2D eigenvalue weighted by Crippen LogP contribution is -2.47. The van der Waals surface area contributed by atoms with Gasteiger partial charge in [-0.25, -0.2) is 9.78 Å². The molecule has 4 aliphatic rings. The Kier molecular flexibility index (Phi) is 11.9. The molecule has 58 heavy (non-hydrogen) atoms. The molecule has 4 heterocycles. The van der Waals surface area contributed by atoms with Crippen LogP contribution in [-0.4, -0.2) is 93.7 Å². The zero-order chi connectivity index (χ0) is 40.2. The molecule has 11 heteroatoms. The van der Waals surface area contributed by atoms with Crippen LogP contribution in [0, 0.1) is 5.92 Å². The van der Waals surface area contributed by atoms with Gasteiger partial charge in [-0.05, 0) is 91.4 Å². The molecule has 1 saturated carbocycles. The van der Waals surface area contributed by atoms with E-state index < -0.39 is 6.09 Å². The number of H-pyrrole nitrogens is 1. The van der Waals surface area contributed by atoms with Crippen LogP contribution in [0.4, 0.5) is 4.79 Å². The third-order valence-electron chi connectivity index (χ3n) is 12.7. The van der Waals surface area contributed by atoms with E-state index in [2.05, 4.69) is 94.6 Å². The van der Waals surface area contributed by atoms with Gasteiger partial charge in [0.2, 0.25) is 11.8 Å². The van der Waals surface area contributed by atoms with Crippen molar-refractivity contribution >= 4 is 29.2 Å². The minimum atomic E-state index is -0.445. The Hall–Kier alpha value is -5.55. The first-order valence-electron chi connectivity index (χ1n) is 21.1. The summed E-state index contributed by atoms with van der Waals surface area (Å²) in [6.07, 6.45) is 10.1. The number of imidazole rings is 1. The number of hydrogen-bond acceptors (Lipinski definition) is 7. The molecule has 3 amide bonds. The van der Waals surface area contributed by atoms with Gasteiger partial charge in [0, 0.05) is 43.4 Å². The summed E-state index contributed by atoms with van der Waals surface area (Å²) in [5, 5.41) is 2.85. The van der Waals surface area contributed by atoms with Gasteiger partial charge < -0.3 is 24.8 Å². The number of nitrogens with one attached hydrogen (secondary N) is 2. The molecule has 302 valence electrons. The lowest BCUT2D eigenvalue weighted by Gasteiger charge is -2.35. The van der Waals surface area contributed by atoms with Crippen molar-refractivity contribution in [1.82, 2.24) is 30.0 Å². The van der Waals surface area contributed by atoms with Gasteiger partial charge in [0.15, 0.2) is 0 Å². The van der Waals surface area contributed by atoms with Crippen LogP contribution >= 0.6 is 0 Å². The van der Waals surface area contributed by atoms with Crippen molar-refractivity contribution in [2.45, 2.75) is 89.4 Å². The smallest absolute Gasteiger partial charge is 0.407 e. The van der Waals surface area contributed by atoms with Crippen molar-refractivity contribution in [2.24, 2.45) is 10.9 Å². The molecule has 3 aliphatic heterocycles. The van der Waals surface area contributed by atoms with E-state index in [4.69, 9.17) is 14.7 Å². The van der Waals surface area contributed by atoms with Gasteiger partial charge in [-0.3, -0.25) is 19.5 Å². The molecule has 5 atom stereocenters. The molecule has 0 radical (unpaired) electrons. The standard InChI is InChI=1S/C47H55N7O4/c1-4-52(5-2)43(35-11-7-6-8-12-35)46(56)53-25-9-13-41(53)39-28-37(29-48-39)33-17-15-31(16-18-33)32-19-21-34(22-20-32)40-30-49-44(51-40)42-14-10-26-54(42)45(55)36-23-24-38(27-36)50-47(57)58-3/h6-8,11-12,15-22,29-30,36,38,41-43H,4-5,9-10,13-14,23-28H2,1-3H3,(H,49,51)(H,50,57)/t36-,38+,41-,42-,43+/m0/s1. The normalized spacial score (nSPS) is 22.3. The highest BCUT2D eigenvalue weighted by molar-refractivity contribution is 6.03. The van der Waals surface area contributed by atoms with Crippen molar-refractivity contribution in [3.63, 3.8) is 0 Å². The molecule has 1 aromatic heterocycles. The van der Waals surface area contributed by atoms with E-state index in [-0.39, 0.29) is 41.9 Å². The number of alkyl carbamates (subject to hydrolysis) is 1. The Balaban J connectivity index is 0.878. The highest BCUT2D eigenvalue weighted by atomic mass is 16.5. The third kappa shape index (κ3) is 8.09. The predicted octanol–water partition coefficient (Wildman–Crippen LogP) is 8.19. The van der Waals surface area contributed by atoms with Crippen LogP contribution < -0.4 is 5.32 Å². The highest BCUT2D eigenvalue weighted by Crippen LogP contribution is 2.37. The highest BCUT2D eigenvalue weighted by Gasteiger charge is 2.40. The van der Waals surface area contributed by atoms with E-state index in [1.54, 1.807) is 0 Å². The molecule has 3 fully saturated rings. The molecule has 0 unspecified atom stereocenters. The number of allylic oxidation sites excluding steroid dienone is 1. The van der Waals surface area contributed by atoms with Gasteiger partial charge in [-0.2, -0.15) is 0 Å². The summed E-state index contributed by atoms with van der Waals surface area (Å²) in [7, 11) is 1.36. The number of hydrogen-bond donors (Lipinski definition) is 2. The van der Waals surface area contributed by atoms with Crippen LogP contribution in [0.2, 0.25) is 0 Å². The van der Waals surface area contributed by atoms with Crippen molar-refractivity contribution < 1.29 is 19.1 Å². The average molecular weight is 782 g/mol. The second kappa shape index (κ2) is 17.5. The summed E-state index contributed by atoms with van der Waals surface area (Å²) < 4.78 is 4.75. The van der Waals surface area contributed by atoms with Gasteiger partial charge in [-0.1, -0.05) is 92.7 Å². The number of ether oxygens (including phenoxy) is 1. The van der Waals surface area contributed by atoms with Crippen molar-refractivity contribution in [2.75, 3.05) is 33.3 Å². The number of carbonyl (C=O) groups excluding carboxylic acids is 3. The maximum Gasteiger partial charge on any atom is 0.407 e. The molecule has 0 bridgehead atoms. The molecule has 1 aliphatic carbocycles.